The van der Waals surface area contributed by atoms with Gasteiger partial charge in [-0.1, -0.05) is 41.6 Å². The van der Waals surface area contributed by atoms with Crippen LogP contribution in [-0.4, -0.2) is 9.55 Å². The molecule has 0 saturated heterocycles. The quantitative estimate of drug-likeness (QED) is 0.784. The molecule has 96 valence electrons. The van der Waals surface area contributed by atoms with Gasteiger partial charge in [0.25, 0.3) is 0 Å². The fourth-order valence-electron chi connectivity index (χ4n) is 2.97. The van der Waals surface area contributed by atoms with Crippen LogP contribution in [0.5, 0.6) is 0 Å². The van der Waals surface area contributed by atoms with E-state index in [4.69, 9.17) is 12.2 Å². The third-order valence-corrected chi connectivity index (χ3v) is 4.79. The molecule has 0 bridgehead atoms. The summed E-state index contributed by atoms with van der Waals surface area (Å²) in [6.45, 7) is 1.05. The summed E-state index contributed by atoms with van der Waals surface area (Å²) < 4.78 is 4.19. The fraction of sp³-hybridized carbons (Fsp3) is 0.500. The molecule has 3 rings (SSSR count). The van der Waals surface area contributed by atoms with Crippen LogP contribution in [0.15, 0.2) is 22.7 Å². The lowest BCUT2D eigenvalue weighted by Crippen LogP contribution is -2.03. The van der Waals surface area contributed by atoms with E-state index in [2.05, 4.69) is 43.7 Å². The molecule has 0 spiro atoms. The van der Waals surface area contributed by atoms with Gasteiger partial charge in [-0.15, -0.1) is 0 Å². The maximum Gasteiger partial charge on any atom is 0.178 e. The number of aromatic nitrogens is 2. The molecular weight excluding hydrogens is 308 g/mol. The SMILES string of the molecule is S=c1[nH]c2cc(Br)ccc2n1CCC1CCCC1. The van der Waals surface area contributed by atoms with Gasteiger partial charge in [-0.3, -0.25) is 0 Å². The number of aromatic amines is 1. The molecule has 1 aromatic heterocycles. The zero-order valence-corrected chi connectivity index (χ0v) is 12.7. The number of imidazole rings is 1. The van der Waals surface area contributed by atoms with E-state index in [1.807, 2.05) is 0 Å². The molecule has 1 aliphatic carbocycles. The number of hydrogen-bond acceptors (Lipinski definition) is 1. The molecule has 1 aliphatic rings. The summed E-state index contributed by atoms with van der Waals surface area (Å²) in [7, 11) is 0. The van der Waals surface area contributed by atoms with Crippen molar-refractivity contribution < 1.29 is 0 Å². The lowest BCUT2D eigenvalue weighted by atomic mass is 10.0. The number of halogens is 1. The average Bonchev–Trinajstić information content (AvgIpc) is 2.93. The van der Waals surface area contributed by atoms with Crippen LogP contribution in [0.25, 0.3) is 11.0 Å². The number of fused-ring (bicyclic) bond motifs is 1. The molecule has 2 nitrogen and oxygen atoms in total. The van der Waals surface area contributed by atoms with Crippen molar-refractivity contribution in [2.75, 3.05) is 0 Å². The summed E-state index contributed by atoms with van der Waals surface area (Å²) in [4.78, 5) is 3.29. The van der Waals surface area contributed by atoms with Gasteiger partial charge in [0.1, 0.15) is 0 Å². The predicted molar refractivity (Wildman–Crippen MR) is 81.4 cm³/mol. The highest BCUT2D eigenvalue weighted by Crippen LogP contribution is 2.28. The normalized spacial score (nSPS) is 16.7. The Bertz CT molecular complexity index is 608. The Morgan fingerprint density at radius 2 is 2.11 bits per heavy atom. The summed E-state index contributed by atoms with van der Waals surface area (Å²) in [5.41, 5.74) is 2.35. The van der Waals surface area contributed by atoms with Crippen LogP contribution in [0.4, 0.5) is 0 Å². The van der Waals surface area contributed by atoms with Crippen molar-refractivity contribution in [3.05, 3.63) is 27.4 Å². The Kier molecular flexibility index (Phi) is 3.57. The molecule has 0 atom stereocenters. The number of aryl methyl sites for hydroxylation is 1. The summed E-state index contributed by atoms with van der Waals surface area (Å²) in [6.07, 6.45) is 6.90. The van der Waals surface area contributed by atoms with E-state index in [1.54, 1.807) is 0 Å². The molecule has 4 heteroatoms. The van der Waals surface area contributed by atoms with Gasteiger partial charge in [-0.05, 0) is 42.8 Å². The van der Waals surface area contributed by atoms with Crippen molar-refractivity contribution in [2.45, 2.75) is 38.6 Å². The van der Waals surface area contributed by atoms with Crippen LogP contribution in [0, 0.1) is 10.7 Å². The van der Waals surface area contributed by atoms with Crippen molar-refractivity contribution >= 4 is 39.2 Å². The molecule has 0 amide bonds. The highest BCUT2D eigenvalue weighted by molar-refractivity contribution is 9.10. The van der Waals surface area contributed by atoms with Gasteiger partial charge in [0.2, 0.25) is 0 Å². The molecule has 1 fully saturated rings. The van der Waals surface area contributed by atoms with E-state index < -0.39 is 0 Å². The van der Waals surface area contributed by atoms with Crippen molar-refractivity contribution in [1.82, 2.24) is 9.55 Å². The van der Waals surface area contributed by atoms with Gasteiger partial charge in [0.05, 0.1) is 11.0 Å². The Morgan fingerprint density at radius 1 is 1.33 bits per heavy atom. The third-order valence-electron chi connectivity index (χ3n) is 3.97. The maximum atomic E-state index is 5.43. The highest BCUT2D eigenvalue weighted by Gasteiger charge is 2.15. The maximum absolute atomic E-state index is 5.43. The molecule has 1 saturated carbocycles. The van der Waals surface area contributed by atoms with E-state index in [-0.39, 0.29) is 0 Å². The lowest BCUT2D eigenvalue weighted by Gasteiger charge is -2.10. The number of rotatable bonds is 3. The molecule has 1 aromatic carbocycles. The molecule has 2 aromatic rings. The molecule has 1 heterocycles. The van der Waals surface area contributed by atoms with E-state index in [0.29, 0.717) is 0 Å². The van der Waals surface area contributed by atoms with Crippen LogP contribution in [-0.2, 0) is 6.54 Å². The standard InChI is InChI=1S/C14H17BrN2S/c15-11-5-6-13-12(9-11)16-14(18)17(13)8-7-10-3-1-2-4-10/h5-6,9-10H,1-4,7-8H2,(H,16,18). The fourth-order valence-corrected chi connectivity index (χ4v) is 3.63. The summed E-state index contributed by atoms with van der Waals surface area (Å²) >= 11 is 8.92. The van der Waals surface area contributed by atoms with E-state index in [0.717, 1.165) is 27.2 Å². The van der Waals surface area contributed by atoms with E-state index in [9.17, 15) is 0 Å². The van der Waals surface area contributed by atoms with Crippen molar-refractivity contribution in [3.63, 3.8) is 0 Å². The Morgan fingerprint density at radius 3 is 2.89 bits per heavy atom. The number of hydrogen-bond donors (Lipinski definition) is 1. The molecule has 1 N–H and O–H groups in total. The second-order valence-electron chi connectivity index (χ2n) is 5.18. The van der Waals surface area contributed by atoms with Crippen molar-refractivity contribution in [3.8, 4) is 0 Å². The van der Waals surface area contributed by atoms with Gasteiger partial charge in [0.15, 0.2) is 4.77 Å². The van der Waals surface area contributed by atoms with E-state index >= 15 is 0 Å². The molecular formula is C14H17BrN2S. The number of H-pyrrole nitrogens is 1. The minimum absolute atomic E-state index is 0.848. The van der Waals surface area contributed by atoms with Gasteiger partial charge in [-0.25, -0.2) is 0 Å². The number of benzene rings is 1. The van der Waals surface area contributed by atoms with E-state index in [1.165, 1.54) is 37.6 Å². The Hall–Kier alpha value is -0.610. The minimum atomic E-state index is 0.848. The Balaban J connectivity index is 1.86. The van der Waals surface area contributed by atoms with Crippen LogP contribution < -0.4 is 0 Å². The monoisotopic (exact) mass is 324 g/mol. The molecule has 0 radical (unpaired) electrons. The predicted octanol–water partition coefficient (Wildman–Crippen LogP) is 5.04. The van der Waals surface area contributed by atoms with Crippen molar-refractivity contribution in [1.29, 1.82) is 0 Å². The first-order valence-electron chi connectivity index (χ1n) is 6.62. The van der Waals surface area contributed by atoms with Gasteiger partial charge in [0, 0.05) is 11.0 Å². The average molecular weight is 325 g/mol. The highest BCUT2D eigenvalue weighted by atomic mass is 79.9. The smallest absolute Gasteiger partial charge is 0.178 e. The second-order valence-corrected chi connectivity index (χ2v) is 6.48. The number of nitrogens with zero attached hydrogens (tertiary/aromatic N) is 1. The first-order valence-corrected chi connectivity index (χ1v) is 7.82. The van der Waals surface area contributed by atoms with Crippen LogP contribution >= 0.6 is 28.1 Å². The minimum Gasteiger partial charge on any atom is -0.331 e. The number of nitrogens with one attached hydrogen (secondary N) is 1. The molecule has 0 unspecified atom stereocenters. The first-order chi connectivity index (χ1) is 8.74. The lowest BCUT2D eigenvalue weighted by molar-refractivity contribution is 0.461. The third kappa shape index (κ3) is 2.41. The first kappa shape index (κ1) is 12.4. The molecule has 0 aliphatic heterocycles. The summed E-state index contributed by atoms with van der Waals surface area (Å²) in [6, 6.07) is 6.31. The van der Waals surface area contributed by atoms with Crippen LogP contribution in [0.3, 0.4) is 0 Å². The van der Waals surface area contributed by atoms with Crippen LogP contribution in [0.2, 0.25) is 0 Å². The second kappa shape index (κ2) is 5.17. The Labute approximate surface area is 121 Å². The van der Waals surface area contributed by atoms with Crippen LogP contribution in [0.1, 0.15) is 32.1 Å². The van der Waals surface area contributed by atoms with Gasteiger partial charge in [-0.2, -0.15) is 0 Å². The largest absolute Gasteiger partial charge is 0.331 e. The van der Waals surface area contributed by atoms with Crippen molar-refractivity contribution in [2.24, 2.45) is 5.92 Å². The summed E-state index contributed by atoms with van der Waals surface area (Å²) in [5.74, 6) is 0.910. The topological polar surface area (TPSA) is 20.7 Å². The van der Waals surface area contributed by atoms with Gasteiger partial charge >= 0.3 is 0 Å². The molecule has 18 heavy (non-hydrogen) atoms. The van der Waals surface area contributed by atoms with Gasteiger partial charge < -0.3 is 9.55 Å². The summed E-state index contributed by atoms with van der Waals surface area (Å²) in [5, 5.41) is 0. The zero-order chi connectivity index (χ0) is 12.5. The zero-order valence-electron chi connectivity index (χ0n) is 10.3.